The molecule has 5 nitrogen and oxygen atoms in total. The molecule has 0 bridgehead atoms. The molecule has 1 aliphatic heterocycles. The van der Waals surface area contributed by atoms with Crippen LogP contribution in [0.25, 0.3) is 5.65 Å². The molecular formula is C20H22N4O. The van der Waals surface area contributed by atoms with Crippen molar-refractivity contribution in [3.8, 4) is 0 Å². The highest BCUT2D eigenvalue weighted by Gasteiger charge is 2.18. The third-order valence-corrected chi connectivity index (χ3v) is 4.82. The van der Waals surface area contributed by atoms with Crippen LogP contribution in [0.4, 0.5) is 5.69 Å². The quantitative estimate of drug-likeness (QED) is 0.737. The minimum Gasteiger partial charge on any atom is -0.369 e. The Morgan fingerprint density at radius 3 is 2.52 bits per heavy atom. The van der Waals surface area contributed by atoms with Gasteiger partial charge in [0.15, 0.2) is 0 Å². The van der Waals surface area contributed by atoms with E-state index in [0.717, 1.165) is 49.6 Å². The zero-order valence-corrected chi connectivity index (χ0v) is 14.4. The van der Waals surface area contributed by atoms with E-state index in [-0.39, 0.29) is 5.56 Å². The van der Waals surface area contributed by atoms with E-state index in [1.165, 1.54) is 5.69 Å². The molecule has 0 spiro atoms. The zero-order chi connectivity index (χ0) is 17.2. The highest BCUT2D eigenvalue weighted by Crippen LogP contribution is 2.16. The van der Waals surface area contributed by atoms with Gasteiger partial charge in [-0.1, -0.05) is 24.3 Å². The molecule has 0 unspecified atom stereocenters. The summed E-state index contributed by atoms with van der Waals surface area (Å²) in [5.41, 5.74) is 3.90. The first-order valence-electron chi connectivity index (χ1n) is 8.71. The number of para-hydroxylation sites is 1. The predicted molar refractivity (Wildman–Crippen MR) is 100 cm³/mol. The van der Waals surface area contributed by atoms with E-state index in [4.69, 9.17) is 4.98 Å². The van der Waals surface area contributed by atoms with Crippen molar-refractivity contribution in [2.24, 2.45) is 0 Å². The smallest absolute Gasteiger partial charge is 0.258 e. The highest BCUT2D eigenvalue weighted by atomic mass is 16.1. The minimum absolute atomic E-state index is 0.00776. The van der Waals surface area contributed by atoms with Crippen LogP contribution in [0.15, 0.2) is 59.5 Å². The number of rotatable bonds is 3. The first-order valence-corrected chi connectivity index (χ1v) is 8.71. The van der Waals surface area contributed by atoms with Gasteiger partial charge in [-0.25, -0.2) is 4.98 Å². The molecule has 25 heavy (non-hydrogen) atoms. The van der Waals surface area contributed by atoms with Crippen LogP contribution in [0.2, 0.25) is 0 Å². The molecule has 0 N–H and O–H groups in total. The van der Waals surface area contributed by atoms with Gasteiger partial charge in [-0.2, -0.15) is 0 Å². The molecule has 2 aromatic heterocycles. The average molecular weight is 334 g/mol. The monoisotopic (exact) mass is 334 g/mol. The van der Waals surface area contributed by atoms with Crippen molar-refractivity contribution in [3.63, 3.8) is 0 Å². The standard InChI is InChI=1S/C20H22N4O/c1-16-6-5-9-24-19(25)14-17(21-20(16)24)15-22-10-12-23(13-11-22)18-7-3-2-4-8-18/h2-9,14H,10-13,15H2,1H3. The molecule has 5 heteroatoms. The first-order chi connectivity index (χ1) is 12.2. The third kappa shape index (κ3) is 3.28. The van der Waals surface area contributed by atoms with Gasteiger partial charge in [0.2, 0.25) is 0 Å². The Morgan fingerprint density at radius 2 is 1.76 bits per heavy atom. The van der Waals surface area contributed by atoms with E-state index in [1.54, 1.807) is 16.7 Å². The number of hydrogen-bond acceptors (Lipinski definition) is 4. The first kappa shape index (κ1) is 15.8. The van der Waals surface area contributed by atoms with Gasteiger partial charge in [-0.3, -0.25) is 14.1 Å². The number of nitrogens with zero attached hydrogens (tertiary/aromatic N) is 4. The van der Waals surface area contributed by atoms with Crippen molar-refractivity contribution in [3.05, 3.63) is 76.3 Å². The molecule has 1 aliphatic rings. The summed E-state index contributed by atoms with van der Waals surface area (Å²) >= 11 is 0. The number of fused-ring (bicyclic) bond motifs is 1. The zero-order valence-electron chi connectivity index (χ0n) is 14.4. The summed E-state index contributed by atoms with van der Waals surface area (Å²) in [6.07, 6.45) is 1.78. The van der Waals surface area contributed by atoms with Gasteiger partial charge in [-0.15, -0.1) is 0 Å². The van der Waals surface area contributed by atoms with Crippen LogP contribution in [0.5, 0.6) is 0 Å². The molecule has 4 rings (SSSR count). The molecule has 1 saturated heterocycles. The Bertz CT molecular complexity index is 927. The lowest BCUT2D eigenvalue weighted by Gasteiger charge is -2.35. The molecule has 0 amide bonds. The third-order valence-electron chi connectivity index (χ3n) is 4.82. The van der Waals surface area contributed by atoms with E-state index in [9.17, 15) is 4.79 Å². The predicted octanol–water partition coefficient (Wildman–Crippen LogP) is 2.33. The molecule has 3 heterocycles. The maximum atomic E-state index is 12.3. The second-order valence-electron chi connectivity index (χ2n) is 6.57. The molecular weight excluding hydrogens is 312 g/mol. The average Bonchev–Trinajstić information content (AvgIpc) is 2.64. The highest BCUT2D eigenvalue weighted by molar-refractivity contribution is 5.47. The lowest BCUT2D eigenvalue weighted by atomic mass is 10.2. The van der Waals surface area contributed by atoms with Crippen molar-refractivity contribution in [2.75, 3.05) is 31.1 Å². The van der Waals surface area contributed by atoms with Crippen LogP contribution in [-0.4, -0.2) is 40.5 Å². The topological polar surface area (TPSA) is 40.9 Å². The molecule has 0 atom stereocenters. The number of aromatic nitrogens is 2. The Labute approximate surface area is 147 Å². The number of pyridine rings is 1. The van der Waals surface area contributed by atoms with Crippen LogP contribution in [0.3, 0.4) is 0 Å². The van der Waals surface area contributed by atoms with Crippen molar-refractivity contribution < 1.29 is 0 Å². The van der Waals surface area contributed by atoms with Gasteiger partial charge < -0.3 is 4.90 Å². The second kappa shape index (κ2) is 6.69. The molecule has 1 aromatic carbocycles. The summed E-state index contributed by atoms with van der Waals surface area (Å²) < 4.78 is 1.62. The van der Waals surface area contributed by atoms with E-state index in [1.807, 2.05) is 25.1 Å². The van der Waals surface area contributed by atoms with Crippen LogP contribution in [-0.2, 0) is 6.54 Å². The summed E-state index contributed by atoms with van der Waals surface area (Å²) in [4.78, 5) is 21.8. The maximum Gasteiger partial charge on any atom is 0.258 e. The van der Waals surface area contributed by atoms with Crippen molar-refractivity contribution >= 4 is 11.3 Å². The molecule has 0 radical (unpaired) electrons. The summed E-state index contributed by atoms with van der Waals surface area (Å²) in [6, 6.07) is 16.1. The van der Waals surface area contributed by atoms with E-state index in [0.29, 0.717) is 0 Å². The Hall–Kier alpha value is -2.66. The van der Waals surface area contributed by atoms with E-state index >= 15 is 0 Å². The van der Waals surface area contributed by atoms with Crippen LogP contribution in [0, 0.1) is 6.92 Å². The summed E-state index contributed by atoms with van der Waals surface area (Å²) in [5, 5.41) is 0. The molecule has 1 fully saturated rings. The van der Waals surface area contributed by atoms with Gasteiger partial charge >= 0.3 is 0 Å². The van der Waals surface area contributed by atoms with Crippen molar-refractivity contribution in [2.45, 2.75) is 13.5 Å². The molecule has 3 aromatic rings. The van der Waals surface area contributed by atoms with Crippen LogP contribution >= 0.6 is 0 Å². The SMILES string of the molecule is Cc1cccn2c(=O)cc(CN3CCN(c4ccccc4)CC3)nc12. The van der Waals surface area contributed by atoms with Gasteiger partial charge in [0.25, 0.3) is 5.56 Å². The summed E-state index contributed by atoms with van der Waals surface area (Å²) in [6.45, 7) is 6.66. The van der Waals surface area contributed by atoms with Gasteiger partial charge in [0, 0.05) is 50.7 Å². The van der Waals surface area contributed by atoms with E-state index < -0.39 is 0 Å². The Morgan fingerprint density at radius 1 is 1.00 bits per heavy atom. The fourth-order valence-electron chi connectivity index (χ4n) is 3.42. The number of benzene rings is 1. The number of hydrogen-bond donors (Lipinski definition) is 0. The summed E-state index contributed by atoms with van der Waals surface area (Å²) in [7, 11) is 0. The molecule has 0 aliphatic carbocycles. The second-order valence-corrected chi connectivity index (χ2v) is 6.57. The lowest BCUT2D eigenvalue weighted by molar-refractivity contribution is 0.247. The van der Waals surface area contributed by atoms with Crippen LogP contribution in [0.1, 0.15) is 11.3 Å². The number of aryl methyl sites for hydroxylation is 1. The van der Waals surface area contributed by atoms with Gasteiger partial charge in [-0.05, 0) is 30.7 Å². The van der Waals surface area contributed by atoms with Gasteiger partial charge in [0.1, 0.15) is 5.65 Å². The maximum absolute atomic E-state index is 12.3. The largest absolute Gasteiger partial charge is 0.369 e. The van der Waals surface area contributed by atoms with Gasteiger partial charge in [0.05, 0.1) is 5.69 Å². The fraction of sp³-hybridized carbons (Fsp3) is 0.300. The Balaban J connectivity index is 1.48. The van der Waals surface area contributed by atoms with Crippen LogP contribution < -0.4 is 10.5 Å². The number of anilines is 1. The molecule has 0 saturated carbocycles. The normalized spacial score (nSPS) is 15.6. The summed E-state index contributed by atoms with van der Waals surface area (Å²) in [5.74, 6) is 0. The number of piperazine rings is 1. The fourth-order valence-corrected chi connectivity index (χ4v) is 3.42. The molecule has 128 valence electrons. The van der Waals surface area contributed by atoms with Crippen molar-refractivity contribution in [1.29, 1.82) is 0 Å². The minimum atomic E-state index is -0.00776. The van der Waals surface area contributed by atoms with E-state index in [2.05, 4.69) is 34.1 Å². The Kier molecular flexibility index (Phi) is 4.24. The lowest BCUT2D eigenvalue weighted by Crippen LogP contribution is -2.46. The van der Waals surface area contributed by atoms with Crippen molar-refractivity contribution in [1.82, 2.24) is 14.3 Å².